The van der Waals surface area contributed by atoms with E-state index in [1.807, 2.05) is 24.3 Å². The first-order valence-corrected chi connectivity index (χ1v) is 10.6. The number of hydrogen-bond acceptors (Lipinski definition) is 3. The molecule has 0 saturated heterocycles. The van der Waals surface area contributed by atoms with Crippen molar-refractivity contribution in [2.75, 3.05) is 0 Å². The molecule has 0 radical (unpaired) electrons. The zero-order valence-electron chi connectivity index (χ0n) is 16.2. The molecule has 1 fully saturated rings. The molecule has 0 atom stereocenters. The topological polar surface area (TPSA) is 55.1 Å². The summed E-state index contributed by atoms with van der Waals surface area (Å²) >= 11 is 1.48. The minimum absolute atomic E-state index is 0.200. The number of rotatable bonds is 5. The Morgan fingerprint density at radius 1 is 1.16 bits per heavy atom. The van der Waals surface area contributed by atoms with Crippen LogP contribution in [-0.4, -0.2) is 20.9 Å². The van der Waals surface area contributed by atoms with E-state index in [0.29, 0.717) is 17.7 Å². The highest BCUT2D eigenvalue weighted by Crippen LogP contribution is 2.41. The van der Waals surface area contributed by atoms with E-state index in [1.54, 1.807) is 16.9 Å². The van der Waals surface area contributed by atoms with Gasteiger partial charge in [0, 0.05) is 23.4 Å². The SMILES string of the molecule is O=C(O)c1cn(-c2cccc3cc(Cc4cccc(C(F)(F)F)c4)sc23)nc1C1CC1. The molecule has 2 aromatic carbocycles. The fourth-order valence-electron chi connectivity index (χ4n) is 3.76. The first kappa shape index (κ1) is 19.8. The van der Waals surface area contributed by atoms with Gasteiger partial charge in [0.2, 0.25) is 0 Å². The van der Waals surface area contributed by atoms with E-state index in [1.165, 1.54) is 23.5 Å². The van der Waals surface area contributed by atoms with Crippen molar-refractivity contribution < 1.29 is 23.1 Å². The van der Waals surface area contributed by atoms with E-state index >= 15 is 0 Å². The van der Waals surface area contributed by atoms with E-state index in [0.717, 1.165) is 39.6 Å². The molecule has 158 valence electrons. The minimum Gasteiger partial charge on any atom is -0.478 e. The Kier molecular flexibility index (Phi) is 4.62. The zero-order chi connectivity index (χ0) is 21.8. The normalized spacial score (nSPS) is 14.3. The fraction of sp³-hybridized carbons (Fsp3) is 0.217. The Hall–Kier alpha value is -3.13. The van der Waals surface area contributed by atoms with Crippen molar-refractivity contribution in [1.82, 2.24) is 9.78 Å². The first-order valence-electron chi connectivity index (χ1n) is 9.80. The molecule has 4 aromatic rings. The molecule has 4 nitrogen and oxygen atoms in total. The number of carbonyl (C=O) groups is 1. The Morgan fingerprint density at radius 3 is 2.65 bits per heavy atom. The molecule has 1 saturated carbocycles. The molecule has 1 aliphatic rings. The average Bonchev–Trinajstić information content (AvgIpc) is 3.32. The first-order chi connectivity index (χ1) is 14.8. The lowest BCUT2D eigenvalue weighted by Gasteiger charge is -2.08. The molecule has 1 N–H and O–H groups in total. The highest BCUT2D eigenvalue weighted by Gasteiger charge is 2.32. The minimum atomic E-state index is -4.37. The monoisotopic (exact) mass is 442 g/mol. The number of thiophene rings is 1. The van der Waals surface area contributed by atoms with E-state index < -0.39 is 17.7 Å². The number of aromatic carboxylic acids is 1. The molecule has 0 aliphatic heterocycles. The number of aromatic nitrogens is 2. The summed E-state index contributed by atoms with van der Waals surface area (Å²) in [5.41, 5.74) is 1.54. The van der Waals surface area contributed by atoms with Crippen LogP contribution < -0.4 is 0 Å². The van der Waals surface area contributed by atoms with E-state index in [4.69, 9.17) is 0 Å². The molecule has 0 amide bonds. The molecule has 5 rings (SSSR count). The second-order valence-corrected chi connectivity index (χ2v) is 8.87. The molecule has 8 heteroatoms. The third kappa shape index (κ3) is 3.83. The predicted molar refractivity (Wildman–Crippen MR) is 112 cm³/mol. The predicted octanol–water partition coefficient (Wildman–Crippen LogP) is 6.27. The lowest BCUT2D eigenvalue weighted by molar-refractivity contribution is -0.137. The van der Waals surface area contributed by atoms with E-state index in [2.05, 4.69) is 5.10 Å². The lowest BCUT2D eigenvalue weighted by atomic mass is 10.1. The molecular formula is C23H17F3N2O2S. The van der Waals surface area contributed by atoms with E-state index in [-0.39, 0.29) is 11.5 Å². The Bertz CT molecular complexity index is 1300. The van der Waals surface area contributed by atoms with Crippen LogP contribution in [0.4, 0.5) is 13.2 Å². The van der Waals surface area contributed by atoms with Gasteiger partial charge in [0.1, 0.15) is 5.56 Å². The maximum Gasteiger partial charge on any atom is 0.416 e. The number of carboxylic acids is 1. The van der Waals surface area contributed by atoms with Crippen LogP contribution in [0.5, 0.6) is 0 Å². The molecule has 0 unspecified atom stereocenters. The van der Waals surface area contributed by atoms with Crippen LogP contribution in [0.1, 0.15) is 50.8 Å². The number of halogens is 3. The molecule has 2 aromatic heterocycles. The number of carboxylic acid groups (broad SMARTS) is 1. The number of fused-ring (bicyclic) bond motifs is 1. The van der Waals surface area contributed by atoms with Crippen LogP contribution in [-0.2, 0) is 12.6 Å². The zero-order valence-corrected chi connectivity index (χ0v) is 17.0. The van der Waals surface area contributed by atoms with Gasteiger partial charge in [-0.05, 0) is 42.0 Å². The summed E-state index contributed by atoms with van der Waals surface area (Å²) in [7, 11) is 0. The van der Waals surface area contributed by atoms with Crippen LogP contribution in [0.3, 0.4) is 0 Å². The van der Waals surface area contributed by atoms with Crippen molar-refractivity contribution in [3.05, 3.63) is 82.0 Å². The van der Waals surface area contributed by atoms with Gasteiger partial charge in [0.15, 0.2) is 0 Å². The van der Waals surface area contributed by atoms with Gasteiger partial charge in [-0.25, -0.2) is 9.48 Å². The number of hydrogen-bond donors (Lipinski definition) is 1. The van der Waals surface area contributed by atoms with Gasteiger partial charge < -0.3 is 5.11 Å². The third-order valence-electron chi connectivity index (χ3n) is 5.39. The molecule has 1 aliphatic carbocycles. The summed E-state index contributed by atoms with van der Waals surface area (Å²) in [6.45, 7) is 0. The summed E-state index contributed by atoms with van der Waals surface area (Å²) in [6, 6.07) is 13.0. The standard InChI is InChI=1S/C23H17F3N2O2S/c24-23(25,26)16-5-1-3-13(9-16)10-17-11-15-4-2-6-19(21(15)31-17)28-12-18(22(29)30)20(27-28)14-7-8-14/h1-6,9,11-12,14H,7-8,10H2,(H,29,30). The largest absolute Gasteiger partial charge is 0.478 e. The number of benzene rings is 2. The quantitative estimate of drug-likeness (QED) is 0.396. The van der Waals surface area contributed by atoms with Crippen LogP contribution in [0.25, 0.3) is 15.8 Å². The van der Waals surface area contributed by atoms with E-state index in [9.17, 15) is 23.1 Å². The summed E-state index contributed by atoms with van der Waals surface area (Å²) in [6.07, 6.45) is -0.541. The van der Waals surface area contributed by atoms with Crippen LogP contribution in [0.2, 0.25) is 0 Å². The number of nitrogens with zero attached hydrogens (tertiary/aromatic N) is 2. The summed E-state index contributed by atoms with van der Waals surface area (Å²) in [4.78, 5) is 12.6. The highest BCUT2D eigenvalue weighted by molar-refractivity contribution is 7.19. The van der Waals surface area contributed by atoms with Crippen LogP contribution in [0, 0.1) is 0 Å². The van der Waals surface area contributed by atoms with Gasteiger partial charge in [0.05, 0.1) is 21.6 Å². The van der Waals surface area contributed by atoms with Gasteiger partial charge in [0.25, 0.3) is 0 Å². The Morgan fingerprint density at radius 2 is 1.94 bits per heavy atom. The van der Waals surface area contributed by atoms with Crippen molar-refractivity contribution >= 4 is 27.4 Å². The highest BCUT2D eigenvalue weighted by atomic mass is 32.1. The van der Waals surface area contributed by atoms with Crippen LogP contribution in [0.15, 0.2) is 54.7 Å². The van der Waals surface area contributed by atoms with Gasteiger partial charge in [-0.1, -0.05) is 30.3 Å². The molecule has 31 heavy (non-hydrogen) atoms. The fourth-order valence-corrected chi connectivity index (χ4v) is 4.96. The summed E-state index contributed by atoms with van der Waals surface area (Å²) < 4.78 is 41.6. The molecule has 2 heterocycles. The Labute approximate surface area is 179 Å². The van der Waals surface area contributed by atoms with Crippen molar-refractivity contribution in [1.29, 1.82) is 0 Å². The van der Waals surface area contributed by atoms with Crippen molar-refractivity contribution in [3.8, 4) is 5.69 Å². The summed E-state index contributed by atoms with van der Waals surface area (Å²) in [5, 5.41) is 15.0. The summed E-state index contributed by atoms with van der Waals surface area (Å²) in [5.74, 6) is -0.789. The maximum absolute atomic E-state index is 13.0. The lowest BCUT2D eigenvalue weighted by Crippen LogP contribution is -2.05. The second-order valence-electron chi connectivity index (χ2n) is 7.74. The maximum atomic E-state index is 13.0. The molecule has 0 spiro atoms. The van der Waals surface area contributed by atoms with Gasteiger partial charge in [-0.15, -0.1) is 11.3 Å². The average molecular weight is 442 g/mol. The third-order valence-corrected chi connectivity index (χ3v) is 6.56. The van der Waals surface area contributed by atoms with Crippen molar-refractivity contribution in [2.45, 2.75) is 31.4 Å². The van der Waals surface area contributed by atoms with Gasteiger partial charge in [-0.3, -0.25) is 0 Å². The van der Waals surface area contributed by atoms with Gasteiger partial charge >= 0.3 is 12.1 Å². The van der Waals surface area contributed by atoms with Crippen molar-refractivity contribution in [3.63, 3.8) is 0 Å². The smallest absolute Gasteiger partial charge is 0.416 e. The molecular weight excluding hydrogens is 425 g/mol. The van der Waals surface area contributed by atoms with Gasteiger partial charge in [-0.2, -0.15) is 18.3 Å². The van der Waals surface area contributed by atoms with Crippen molar-refractivity contribution in [2.24, 2.45) is 0 Å². The second kappa shape index (κ2) is 7.23. The number of alkyl halides is 3. The molecule has 0 bridgehead atoms. The van der Waals surface area contributed by atoms with Crippen LogP contribution >= 0.6 is 11.3 Å². The Balaban J connectivity index is 1.52.